The van der Waals surface area contributed by atoms with Crippen LogP contribution in [0.4, 0.5) is 0 Å². The molecular weight excluding hydrogens is 266 g/mol. The third kappa shape index (κ3) is 4.38. The second-order valence-electron chi connectivity index (χ2n) is 4.59. The summed E-state index contributed by atoms with van der Waals surface area (Å²) in [6.07, 6.45) is 5.67. The Balaban J connectivity index is 1.79. The summed E-state index contributed by atoms with van der Waals surface area (Å²) in [6.45, 7) is 4.72. The Morgan fingerprint density at radius 2 is 2.19 bits per heavy atom. The molecule has 0 bridgehead atoms. The van der Waals surface area contributed by atoms with E-state index >= 15 is 0 Å². The molecule has 1 aromatic carbocycles. The van der Waals surface area contributed by atoms with E-state index in [4.69, 9.17) is 0 Å². The van der Waals surface area contributed by atoms with Gasteiger partial charge in [-0.15, -0.1) is 0 Å². The molecule has 0 atom stereocenters. The van der Waals surface area contributed by atoms with Gasteiger partial charge in [-0.3, -0.25) is 9.78 Å². The number of nitrogens with zero attached hydrogens (tertiary/aromatic N) is 3. The van der Waals surface area contributed by atoms with Crippen molar-refractivity contribution in [2.45, 2.75) is 20.4 Å². The lowest BCUT2D eigenvalue weighted by atomic mass is 10.1. The van der Waals surface area contributed by atoms with Crippen LogP contribution in [0.15, 0.2) is 41.9 Å². The van der Waals surface area contributed by atoms with E-state index in [0.717, 1.165) is 5.56 Å². The predicted octanol–water partition coefficient (Wildman–Crippen LogP) is 1.56. The fraction of sp³-hybridized carbons (Fsp3) is 0.200. The molecule has 2 aromatic rings. The first-order valence-electron chi connectivity index (χ1n) is 6.54. The maximum Gasteiger partial charge on any atom is 0.276 e. The van der Waals surface area contributed by atoms with Gasteiger partial charge in [-0.2, -0.15) is 5.10 Å². The third-order valence-corrected chi connectivity index (χ3v) is 2.91. The molecule has 0 radical (unpaired) electrons. The fourth-order valence-corrected chi connectivity index (χ4v) is 1.80. The van der Waals surface area contributed by atoms with Gasteiger partial charge in [0.05, 0.1) is 12.7 Å². The highest BCUT2D eigenvalue weighted by Gasteiger charge is 2.03. The van der Waals surface area contributed by atoms with Crippen molar-refractivity contribution >= 4 is 12.2 Å². The highest BCUT2D eigenvalue weighted by Crippen LogP contribution is 2.09. The van der Waals surface area contributed by atoms with Crippen molar-refractivity contribution in [3.05, 3.63) is 59.2 Å². The topological polar surface area (TPSA) is 79.3 Å². The summed E-state index contributed by atoms with van der Waals surface area (Å²) in [7, 11) is 0. The highest BCUT2D eigenvalue weighted by molar-refractivity contribution is 5.98. The quantitative estimate of drug-likeness (QED) is 0.496. The first kappa shape index (κ1) is 14.6. The van der Waals surface area contributed by atoms with Crippen molar-refractivity contribution in [1.82, 2.24) is 20.7 Å². The second kappa shape index (κ2) is 7.14. The van der Waals surface area contributed by atoms with Crippen LogP contribution in [0.3, 0.4) is 0 Å². The van der Waals surface area contributed by atoms with Crippen molar-refractivity contribution in [2.75, 3.05) is 0 Å². The zero-order chi connectivity index (χ0) is 15.1. The van der Waals surface area contributed by atoms with E-state index in [1.807, 2.05) is 0 Å². The maximum absolute atomic E-state index is 11.6. The number of nitrogens with one attached hydrogen (secondary N) is 2. The van der Waals surface area contributed by atoms with E-state index in [9.17, 15) is 4.79 Å². The smallest absolute Gasteiger partial charge is 0.276 e. The molecule has 0 aliphatic heterocycles. The Hall–Kier alpha value is -2.76. The van der Waals surface area contributed by atoms with Gasteiger partial charge in [0.2, 0.25) is 0 Å². The van der Waals surface area contributed by atoms with Gasteiger partial charge >= 0.3 is 0 Å². The van der Waals surface area contributed by atoms with Crippen LogP contribution in [-0.2, 0) is 6.54 Å². The van der Waals surface area contributed by atoms with Crippen LogP contribution in [0, 0.1) is 13.8 Å². The first-order valence-corrected chi connectivity index (χ1v) is 6.54. The number of benzene rings is 1. The molecular formula is C15H17N5O. The van der Waals surface area contributed by atoms with Crippen LogP contribution >= 0.6 is 0 Å². The molecule has 6 heteroatoms. The molecule has 0 unspecified atom stereocenters. The van der Waals surface area contributed by atoms with Gasteiger partial charge < -0.3 is 10.7 Å². The van der Waals surface area contributed by atoms with Crippen LogP contribution in [0.1, 0.15) is 27.2 Å². The lowest BCUT2D eigenvalue weighted by molar-refractivity contribution is 0.0973. The summed E-state index contributed by atoms with van der Waals surface area (Å²) < 4.78 is 0. The molecule has 0 spiro atoms. The molecule has 0 saturated carbocycles. The minimum Gasteiger partial charge on any atom is -0.310 e. The summed E-state index contributed by atoms with van der Waals surface area (Å²) in [4.78, 5) is 19.3. The number of carbonyl (C=O) groups excluding carboxylic acids is 1. The van der Waals surface area contributed by atoms with Crippen molar-refractivity contribution < 1.29 is 4.79 Å². The van der Waals surface area contributed by atoms with E-state index in [2.05, 4.69) is 57.9 Å². The zero-order valence-electron chi connectivity index (χ0n) is 12.0. The lowest BCUT2D eigenvalue weighted by Crippen LogP contribution is -2.24. The molecule has 0 fully saturated rings. The monoisotopic (exact) mass is 283 g/mol. The predicted molar refractivity (Wildman–Crippen MR) is 80.7 cm³/mol. The summed E-state index contributed by atoms with van der Waals surface area (Å²) in [5.74, 6) is -0.347. The first-order chi connectivity index (χ1) is 10.2. The number of aryl methyl sites for hydroxylation is 2. The molecule has 1 amide bonds. The van der Waals surface area contributed by atoms with E-state index in [-0.39, 0.29) is 11.6 Å². The van der Waals surface area contributed by atoms with Crippen LogP contribution in [0.5, 0.6) is 0 Å². The SMILES string of the molecule is Cc1ccc(CN/N=C/NC(=O)c2cnccn2)c(C)c1. The summed E-state index contributed by atoms with van der Waals surface area (Å²) in [5.41, 5.74) is 6.74. The Kier molecular flexibility index (Phi) is 4.98. The molecule has 1 heterocycles. The Bertz CT molecular complexity index is 640. The molecule has 0 aliphatic carbocycles. The molecule has 21 heavy (non-hydrogen) atoms. The molecule has 2 rings (SSSR count). The fourth-order valence-electron chi connectivity index (χ4n) is 1.80. The second-order valence-corrected chi connectivity index (χ2v) is 4.59. The molecule has 1 aromatic heterocycles. The van der Waals surface area contributed by atoms with Crippen molar-refractivity contribution in [2.24, 2.45) is 5.10 Å². The highest BCUT2D eigenvalue weighted by atomic mass is 16.1. The Morgan fingerprint density at radius 1 is 1.33 bits per heavy atom. The van der Waals surface area contributed by atoms with Gasteiger partial charge in [0.25, 0.3) is 5.91 Å². The van der Waals surface area contributed by atoms with E-state index in [1.165, 1.54) is 36.1 Å². The summed E-state index contributed by atoms with van der Waals surface area (Å²) in [6, 6.07) is 6.24. The van der Waals surface area contributed by atoms with Gasteiger partial charge in [-0.25, -0.2) is 4.98 Å². The van der Waals surface area contributed by atoms with Crippen LogP contribution in [0.25, 0.3) is 0 Å². The number of aromatic nitrogens is 2. The Morgan fingerprint density at radius 3 is 2.90 bits per heavy atom. The van der Waals surface area contributed by atoms with E-state index in [1.54, 1.807) is 0 Å². The number of hydrazone groups is 1. The van der Waals surface area contributed by atoms with E-state index < -0.39 is 0 Å². The molecule has 6 nitrogen and oxygen atoms in total. The number of carbonyl (C=O) groups is 1. The summed E-state index contributed by atoms with van der Waals surface area (Å²) >= 11 is 0. The Labute approximate surface area is 123 Å². The van der Waals surface area contributed by atoms with Crippen molar-refractivity contribution in [1.29, 1.82) is 0 Å². The van der Waals surface area contributed by atoms with Crippen molar-refractivity contribution in [3.63, 3.8) is 0 Å². The zero-order valence-corrected chi connectivity index (χ0v) is 12.0. The normalized spacial score (nSPS) is 10.6. The van der Waals surface area contributed by atoms with Crippen molar-refractivity contribution in [3.8, 4) is 0 Å². The molecule has 0 aliphatic rings. The maximum atomic E-state index is 11.6. The van der Waals surface area contributed by atoms with Crippen LogP contribution < -0.4 is 10.7 Å². The number of hydrogen-bond acceptors (Lipinski definition) is 5. The molecule has 2 N–H and O–H groups in total. The summed E-state index contributed by atoms with van der Waals surface area (Å²) in [5, 5.41) is 6.45. The van der Waals surface area contributed by atoms with Crippen LogP contribution in [0.2, 0.25) is 0 Å². The minimum absolute atomic E-state index is 0.248. The average Bonchev–Trinajstić information content (AvgIpc) is 2.49. The molecule has 0 saturated heterocycles. The third-order valence-electron chi connectivity index (χ3n) is 2.91. The van der Waals surface area contributed by atoms with Gasteiger partial charge in [0, 0.05) is 12.4 Å². The number of amides is 1. The van der Waals surface area contributed by atoms with Gasteiger partial charge in [-0.1, -0.05) is 23.8 Å². The number of hydrogen-bond donors (Lipinski definition) is 2. The standard InChI is InChI=1S/C15H17N5O/c1-11-3-4-13(12(2)7-11)8-19-20-10-18-15(21)14-9-16-5-6-17-14/h3-7,9-10,19H,8H2,1-2H3,(H,18,20,21). The largest absolute Gasteiger partial charge is 0.310 e. The number of rotatable bonds is 5. The van der Waals surface area contributed by atoms with Gasteiger partial charge in [0.1, 0.15) is 12.0 Å². The van der Waals surface area contributed by atoms with Gasteiger partial charge in [-0.05, 0) is 25.0 Å². The van der Waals surface area contributed by atoms with E-state index in [0.29, 0.717) is 6.54 Å². The minimum atomic E-state index is -0.347. The van der Waals surface area contributed by atoms with Crippen LogP contribution in [-0.4, -0.2) is 22.2 Å². The lowest BCUT2D eigenvalue weighted by Gasteiger charge is -2.06. The average molecular weight is 283 g/mol. The molecule has 108 valence electrons. The van der Waals surface area contributed by atoms with Gasteiger partial charge in [0.15, 0.2) is 0 Å².